The quantitative estimate of drug-likeness (QED) is 0.687. The highest BCUT2D eigenvalue weighted by atomic mass is 79.9. The van der Waals surface area contributed by atoms with Crippen LogP contribution >= 0.6 is 15.9 Å². The third-order valence-corrected chi connectivity index (χ3v) is 3.37. The lowest BCUT2D eigenvalue weighted by atomic mass is 9.98. The number of carbonyl (C=O) groups is 1. The Bertz CT molecular complexity index is 172. The second-order valence-corrected chi connectivity index (χ2v) is 4.28. The molecule has 2 nitrogen and oxygen atoms in total. The maximum absolute atomic E-state index is 11.4. The number of likely N-dealkylation sites (tertiary alicyclic amines) is 1. The minimum atomic E-state index is 0.247. The van der Waals surface area contributed by atoms with E-state index in [9.17, 15) is 4.79 Å². The van der Waals surface area contributed by atoms with Crippen molar-refractivity contribution >= 4 is 21.8 Å². The molecule has 1 unspecified atom stereocenters. The van der Waals surface area contributed by atoms with E-state index in [0.717, 1.165) is 19.0 Å². The molecule has 0 aromatic heterocycles. The zero-order valence-electron chi connectivity index (χ0n) is 8.26. The lowest BCUT2D eigenvalue weighted by Gasteiger charge is -2.19. The van der Waals surface area contributed by atoms with Crippen LogP contribution < -0.4 is 0 Å². The average Bonchev–Trinajstić information content (AvgIpc) is 2.41. The summed E-state index contributed by atoms with van der Waals surface area (Å²) < 4.78 is 0. The molecule has 0 bridgehead atoms. The highest BCUT2D eigenvalue weighted by molar-refractivity contribution is 9.09. The Morgan fingerprint density at radius 1 is 1.46 bits per heavy atom. The smallest absolute Gasteiger partial charge is 0.233 e. The summed E-state index contributed by atoms with van der Waals surface area (Å²) in [6.45, 7) is 4.16. The number of alkyl halides is 1. The Kier molecular flexibility index (Phi) is 4.78. The predicted octanol–water partition coefficient (Wildman–Crippen LogP) is 2.42. The molecule has 0 radical (unpaired) electrons. The van der Waals surface area contributed by atoms with Gasteiger partial charge in [-0.25, -0.2) is 0 Å². The molecule has 0 aromatic rings. The van der Waals surface area contributed by atoms with E-state index in [-0.39, 0.29) is 5.91 Å². The Morgan fingerprint density at radius 3 is 2.85 bits per heavy atom. The van der Waals surface area contributed by atoms with E-state index in [1.165, 1.54) is 25.7 Å². The number of rotatable bonds is 2. The number of nitrogens with zero attached hydrogens (tertiary/aromatic N) is 1. The van der Waals surface area contributed by atoms with Gasteiger partial charge in [0.25, 0.3) is 0 Å². The molecule has 0 spiro atoms. The third kappa shape index (κ3) is 3.29. The number of carbonyl (C=O) groups excluding carboxylic acids is 1. The van der Waals surface area contributed by atoms with Crippen molar-refractivity contribution in [2.24, 2.45) is 5.92 Å². The van der Waals surface area contributed by atoms with Crippen LogP contribution in [0, 0.1) is 5.92 Å². The molecular formula is C10H18BrNO. The van der Waals surface area contributed by atoms with Crippen LogP contribution in [0.3, 0.4) is 0 Å². The van der Waals surface area contributed by atoms with E-state index >= 15 is 0 Å². The van der Waals surface area contributed by atoms with Crippen LogP contribution in [0.5, 0.6) is 0 Å². The number of hydrogen-bond donors (Lipinski definition) is 0. The molecule has 13 heavy (non-hydrogen) atoms. The Balaban J connectivity index is 2.40. The number of hydrogen-bond acceptors (Lipinski definition) is 1. The van der Waals surface area contributed by atoms with E-state index in [0.29, 0.717) is 5.33 Å². The van der Waals surface area contributed by atoms with Gasteiger partial charge in [-0.05, 0) is 25.2 Å². The Labute approximate surface area is 88.8 Å². The van der Waals surface area contributed by atoms with Crippen molar-refractivity contribution in [1.82, 2.24) is 4.90 Å². The van der Waals surface area contributed by atoms with Crippen LogP contribution in [-0.2, 0) is 4.79 Å². The van der Waals surface area contributed by atoms with Crippen molar-refractivity contribution in [3.8, 4) is 0 Å². The van der Waals surface area contributed by atoms with Crippen LogP contribution in [0.15, 0.2) is 0 Å². The van der Waals surface area contributed by atoms with Crippen molar-refractivity contribution in [2.45, 2.75) is 32.6 Å². The van der Waals surface area contributed by atoms with Gasteiger partial charge < -0.3 is 4.90 Å². The van der Waals surface area contributed by atoms with Gasteiger partial charge in [0, 0.05) is 13.1 Å². The van der Waals surface area contributed by atoms with E-state index < -0.39 is 0 Å². The van der Waals surface area contributed by atoms with Gasteiger partial charge in [0.2, 0.25) is 5.91 Å². The molecule has 3 heteroatoms. The summed E-state index contributed by atoms with van der Waals surface area (Å²) in [4.78, 5) is 13.4. The van der Waals surface area contributed by atoms with Crippen molar-refractivity contribution in [2.75, 3.05) is 18.4 Å². The molecule has 1 heterocycles. The van der Waals surface area contributed by atoms with E-state index in [2.05, 4.69) is 22.9 Å². The van der Waals surface area contributed by atoms with Gasteiger partial charge >= 0.3 is 0 Å². The highest BCUT2D eigenvalue weighted by Gasteiger charge is 2.18. The molecule has 0 N–H and O–H groups in total. The molecule has 1 aliphatic heterocycles. The summed E-state index contributed by atoms with van der Waals surface area (Å²) in [5, 5.41) is 0.476. The predicted molar refractivity (Wildman–Crippen MR) is 58.0 cm³/mol. The van der Waals surface area contributed by atoms with E-state index in [1.54, 1.807) is 0 Å². The molecule has 1 saturated heterocycles. The van der Waals surface area contributed by atoms with Crippen LogP contribution in [0.1, 0.15) is 32.6 Å². The Hall–Kier alpha value is -0.0500. The zero-order chi connectivity index (χ0) is 9.68. The maximum atomic E-state index is 11.4. The lowest BCUT2D eigenvalue weighted by Crippen LogP contribution is -2.32. The molecule has 0 aliphatic carbocycles. The molecular weight excluding hydrogens is 230 g/mol. The van der Waals surface area contributed by atoms with Gasteiger partial charge in [-0.3, -0.25) is 4.79 Å². The summed E-state index contributed by atoms with van der Waals surface area (Å²) in [5.74, 6) is 1.09. The highest BCUT2D eigenvalue weighted by Crippen LogP contribution is 2.20. The van der Waals surface area contributed by atoms with Crippen molar-refractivity contribution in [1.29, 1.82) is 0 Å². The summed E-state index contributed by atoms with van der Waals surface area (Å²) in [6.07, 6.45) is 4.92. The van der Waals surface area contributed by atoms with Gasteiger partial charge in [0.1, 0.15) is 0 Å². The zero-order valence-corrected chi connectivity index (χ0v) is 9.85. The topological polar surface area (TPSA) is 20.3 Å². The monoisotopic (exact) mass is 247 g/mol. The van der Waals surface area contributed by atoms with Gasteiger partial charge in [-0.1, -0.05) is 29.3 Å². The molecule has 76 valence electrons. The van der Waals surface area contributed by atoms with Crippen LogP contribution in [0.25, 0.3) is 0 Å². The van der Waals surface area contributed by atoms with Crippen molar-refractivity contribution in [3.63, 3.8) is 0 Å². The first-order chi connectivity index (χ1) is 6.27. The third-order valence-electron chi connectivity index (χ3n) is 2.89. The lowest BCUT2D eigenvalue weighted by molar-refractivity contribution is -0.128. The maximum Gasteiger partial charge on any atom is 0.233 e. The fraction of sp³-hybridized carbons (Fsp3) is 0.900. The minimum absolute atomic E-state index is 0.247. The fourth-order valence-electron chi connectivity index (χ4n) is 1.91. The molecule has 1 aliphatic rings. The van der Waals surface area contributed by atoms with Crippen molar-refractivity contribution in [3.05, 3.63) is 0 Å². The largest absolute Gasteiger partial charge is 0.342 e. The van der Waals surface area contributed by atoms with Crippen molar-refractivity contribution < 1.29 is 4.79 Å². The molecule has 1 rings (SSSR count). The summed E-state index contributed by atoms with van der Waals surface area (Å²) in [7, 11) is 0. The van der Waals surface area contributed by atoms with Crippen LogP contribution in [0.4, 0.5) is 0 Å². The second-order valence-electron chi connectivity index (χ2n) is 3.72. The normalized spacial score (nSPS) is 24.2. The van der Waals surface area contributed by atoms with Gasteiger partial charge in [-0.15, -0.1) is 0 Å². The van der Waals surface area contributed by atoms with E-state index in [1.807, 2.05) is 4.90 Å². The summed E-state index contributed by atoms with van der Waals surface area (Å²) >= 11 is 3.22. The second kappa shape index (κ2) is 5.63. The van der Waals surface area contributed by atoms with Crippen LogP contribution in [-0.4, -0.2) is 29.2 Å². The molecule has 0 saturated carbocycles. The minimum Gasteiger partial charge on any atom is -0.342 e. The van der Waals surface area contributed by atoms with Gasteiger partial charge in [-0.2, -0.15) is 0 Å². The SMILES string of the molecule is CCC1CCCN(C(=O)CBr)CC1. The average molecular weight is 248 g/mol. The first kappa shape index (κ1) is 11.0. The molecule has 1 amide bonds. The first-order valence-corrected chi connectivity index (χ1v) is 6.23. The standard InChI is InChI=1S/C10H18BrNO/c1-2-9-4-3-6-12(7-5-9)10(13)8-11/h9H,2-8H2,1H3. The van der Waals surface area contributed by atoms with Gasteiger partial charge in [0.05, 0.1) is 5.33 Å². The summed E-state index contributed by atoms with van der Waals surface area (Å²) in [5.41, 5.74) is 0. The Morgan fingerprint density at radius 2 is 2.23 bits per heavy atom. The first-order valence-electron chi connectivity index (χ1n) is 5.11. The molecule has 1 fully saturated rings. The molecule has 1 atom stereocenters. The number of amides is 1. The van der Waals surface area contributed by atoms with Gasteiger partial charge in [0.15, 0.2) is 0 Å². The number of halogens is 1. The summed E-state index contributed by atoms with van der Waals surface area (Å²) in [6, 6.07) is 0. The van der Waals surface area contributed by atoms with E-state index in [4.69, 9.17) is 0 Å². The fourth-order valence-corrected chi connectivity index (χ4v) is 2.26. The molecule has 0 aromatic carbocycles. The van der Waals surface area contributed by atoms with Crippen LogP contribution in [0.2, 0.25) is 0 Å².